The lowest BCUT2D eigenvalue weighted by molar-refractivity contribution is -0.133. The van der Waals surface area contributed by atoms with Crippen LogP contribution in [0.5, 0.6) is 11.5 Å². The molecule has 34 heavy (non-hydrogen) atoms. The fourth-order valence-corrected chi connectivity index (χ4v) is 6.44. The standard InChI is InChI=1S/C25H28N4O4S/c30-22(8-7-21-26-24(31)23-17-3-1-2-4-20(17)34-25(23)27-21)29-11-9-28(10-12-29)14-16-5-6-18-19(13-16)33-15-32-18/h5-6,13H,1-4,7-12,14-15H2,(H,26,27,31). The molecule has 8 nitrogen and oxygen atoms in total. The Morgan fingerprint density at radius 1 is 1.09 bits per heavy atom. The Kier molecular flexibility index (Phi) is 5.74. The number of ether oxygens (including phenoxy) is 2. The molecule has 0 bridgehead atoms. The number of hydrogen-bond acceptors (Lipinski definition) is 7. The summed E-state index contributed by atoms with van der Waals surface area (Å²) >= 11 is 1.65. The van der Waals surface area contributed by atoms with Crippen LogP contribution in [-0.2, 0) is 30.6 Å². The van der Waals surface area contributed by atoms with Gasteiger partial charge in [-0.05, 0) is 48.9 Å². The topological polar surface area (TPSA) is 87.8 Å². The molecule has 1 N–H and O–H groups in total. The van der Waals surface area contributed by atoms with E-state index in [0.29, 0.717) is 31.8 Å². The van der Waals surface area contributed by atoms with Gasteiger partial charge in [-0.1, -0.05) is 6.07 Å². The first-order valence-corrected chi connectivity index (χ1v) is 12.9. The van der Waals surface area contributed by atoms with Crippen LogP contribution in [0.4, 0.5) is 0 Å². The number of carbonyl (C=O) groups excluding carboxylic acids is 1. The van der Waals surface area contributed by atoms with E-state index >= 15 is 0 Å². The first kappa shape index (κ1) is 21.6. The summed E-state index contributed by atoms with van der Waals surface area (Å²) in [6.45, 7) is 4.21. The fourth-order valence-electron chi connectivity index (χ4n) is 5.16. The minimum absolute atomic E-state index is 0.0519. The normalized spacial score (nSPS) is 17.8. The van der Waals surface area contributed by atoms with Gasteiger partial charge in [-0.25, -0.2) is 4.98 Å². The first-order chi connectivity index (χ1) is 16.6. The molecule has 0 radical (unpaired) electrons. The second-order valence-corrected chi connectivity index (χ2v) is 10.3. The second-order valence-electron chi connectivity index (χ2n) is 9.25. The molecule has 1 saturated heterocycles. The maximum Gasteiger partial charge on any atom is 0.259 e. The maximum absolute atomic E-state index is 12.8. The SMILES string of the molecule is O=C(CCc1nc2sc3c(c2c(=O)[nH]1)CCCC3)N1CCN(Cc2ccc3c(c2)OCO3)CC1. The number of aromatic amines is 1. The minimum Gasteiger partial charge on any atom is -0.454 e. The predicted octanol–water partition coefficient (Wildman–Crippen LogP) is 2.87. The first-order valence-electron chi connectivity index (χ1n) is 12.1. The summed E-state index contributed by atoms with van der Waals surface area (Å²) in [4.78, 5) is 39.6. The summed E-state index contributed by atoms with van der Waals surface area (Å²) in [5.41, 5.74) is 2.33. The van der Waals surface area contributed by atoms with Gasteiger partial charge in [0.2, 0.25) is 12.7 Å². The van der Waals surface area contributed by atoms with Crippen LogP contribution in [0.15, 0.2) is 23.0 Å². The van der Waals surface area contributed by atoms with E-state index in [4.69, 9.17) is 14.5 Å². The van der Waals surface area contributed by atoms with Crippen LogP contribution in [-0.4, -0.2) is 58.6 Å². The smallest absolute Gasteiger partial charge is 0.259 e. The van der Waals surface area contributed by atoms with E-state index in [-0.39, 0.29) is 18.3 Å². The number of aromatic nitrogens is 2. The number of benzene rings is 1. The van der Waals surface area contributed by atoms with Gasteiger partial charge in [0, 0.05) is 50.4 Å². The van der Waals surface area contributed by atoms with Crippen LogP contribution < -0.4 is 15.0 Å². The van der Waals surface area contributed by atoms with Crippen molar-refractivity contribution in [2.75, 3.05) is 33.0 Å². The number of amides is 1. The van der Waals surface area contributed by atoms with Crippen molar-refractivity contribution in [1.82, 2.24) is 19.8 Å². The highest BCUT2D eigenvalue weighted by Crippen LogP contribution is 2.34. The third-order valence-electron chi connectivity index (χ3n) is 7.02. The zero-order valence-corrected chi connectivity index (χ0v) is 19.9. The summed E-state index contributed by atoms with van der Waals surface area (Å²) in [6.07, 6.45) is 5.16. The van der Waals surface area contributed by atoms with Crippen molar-refractivity contribution < 1.29 is 14.3 Å². The van der Waals surface area contributed by atoms with Crippen LogP contribution >= 0.6 is 11.3 Å². The molecule has 3 aromatic rings. The molecule has 1 aliphatic carbocycles. The fraction of sp³-hybridized carbons (Fsp3) is 0.480. The van der Waals surface area contributed by atoms with E-state index in [2.05, 4.69) is 16.0 Å². The molecule has 0 atom stereocenters. The third-order valence-corrected chi connectivity index (χ3v) is 8.20. The Morgan fingerprint density at radius 2 is 1.91 bits per heavy atom. The van der Waals surface area contributed by atoms with Crippen molar-refractivity contribution in [2.45, 2.75) is 45.1 Å². The van der Waals surface area contributed by atoms with Gasteiger partial charge in [0.1, 0.15) is 10.7 Å². The summed E-state index contributed by atoms with van der Waals surface area (Å²) in [5, 5.41) is 0.772. The number of aryl methyl sites for hydroxylation is 3. The molecular formula is C25H28N4O4S. The van der Waals surface area contributed by atoms with Crippen molar-refractivity contribution in [3.8, 4) is 11.5 Å². The Balaban J connectivity index is 1.03. The molecule has 9 heteroatoms. The van der Waals surface area contributed by atoms with Gasteiger partial charge in [-0.3, -0.25) is 14.5 Å². The zero-order chi connectivity index (χ0) is 23.1. The summed E-state index contributed by atoms with van der Waals surface area (Å²) in [6, 6.07) is 6.06. The molecule has 4 heterocycles. The Labute approximate surface area is 201 Å². The highest BCUT2D eigenvalue weighted by molar-refractivity contribution is 7.18. The lowest BCUT2D eigenvalue weighted by atomic mass is 9.97. The quantitative estimate of drug-likeness (QED) is 0.604. The van der Waals surface area contributed by atoms with E-state index in [9.17, 15) is 9.59 Å². The van der Waals surface area contributed by atoms with Crippen molar-refractivity contribution in [3.05, 3.63) is 50.4 Å². The van der Waals surface area contributed by atoms with Crippen molar-refractivity contribution in [2.24, 2.45) is 0 Å². The average Bonchev–Trinajstić information content (AvgIpc) is 3.47. The third kappa shape index (κ3) is 4.18. The zero-order valence-electron chi connectivity index (χ0n) is 19.1. The van der Waals surface area contributed by atoms with E-state index in [1.807, 2.05) is 17.0 Å². The van der Waals surface area contributed by atoms with E-state index in [0.717, 1.165) is 60.6 Å². The van der Waals surface area contributed by atoms with Crippen LogP contribution in [0.2, 0.25) is 0 Å². The molecule has 1 fully saturated rings. The number of thiophene rings is 1. The number of rotatable bonds is 5. The van der Waals surface area contributed by atoms with E-state index in [1.165, 1.54) is 22.4 Å². The van der Waals surface area contributed by atoms with Crippen molar-refractivity contribution in [3.63, 3.8) is 0 Å². The minimum atomic E-state index is -0.0519. The summed E-state index contributed by atoms with van der Waals surface area (Å²) < 4.78 is 10.9. The monoisotopic (exact) mass is 480 g/mol. The highest BCUT2D eigenvalue weighted by Gasteiger charge is 2.23. The Morgan fingerprint density at radius 3 is 2.79 bits per heavy atom. The molecule has 6 rings (SSSR count). The van der Waals surface area contributed by atoms with Crippen LogP contribution in [0, 0.1) is 0 Å². The molecular weight excluding hydrogens is 452 g/mol. The van der Waals surface area contributed by atoms with Gasteiger partial charge < -0.3 is 19.4 Å². The number of nitrogens with one attached hydrogen (secondary N) is 1. The Bertz CT molecular complexity index is 1290. The molecule has 3 aliphatic rings. The molecule has 0 saturated carbocycles. The Hall–Kier alpha value is -2.91. The summed E-state index contributed by atoms with van der Waals surface area (Å²) in [5.74, 6) is 2.34. The molecule has 178 valence electrons. The predicted molar refractivity (Wildman–Crippen MR) is 130 cm³/mol. The maximum atomic E-state index is 12.8. The van der Waals surface area contributed by atoms with Crippen LogP contribution in [0.3, 0.4) is 0 Å². The largest absolute Gasteiger partial charge is 0.454 e. The van der Waals surface area contributed by atoms with Crippen LogP contribution in [0.25, 0.3) is 10.2 Å². The van der Waals surface area contributed by atoms with Gasteiger partial charge >= 0.3 is 0 Å². The molecule has 2 aliphatic heterocycles. The highest BCUT2D eigenvalue weighted by atomic mass is 32.1. The van der Waals surface area contributed by atoms with Crippen molar-refractivity contribution in [1.29, 1.82) is 0 Å². The average molecular weight is 481 g/mol. The van der Waals surface area contributed by atoms with Gasteiger partial charge in [-0.2, -0.15) is 0 Å². The lowest BCUT2D eigenvalue weighted by Gasteiger charge is -2.34. The number of hydrogen-bond donors (Lipinski definition) is 1. The van der Waals surface area contributed by atoms with E-state index < -0.39 is 0 Å². The molecule has 0 spiro atoms. The van der Waals surface area contributed by atoms with Crippen molar-refractivity contribution >= 4 is 27.5 Å². The molecule has 0 unspecified atom stereocenters. The number of carbonyl (C=O) groups is 1. The number of nitrogens with zero attached hydrogens (tertiary/aromatic N) is 3. The van der Waals surface area contributed by atoms with Gasteiger partial charge in [0.15, 0.2) is 11.5 Å². The van der Waals surface area contributed by atoms with Gasteiger partial charge in [0.25, 0.3) is 5.56 Å². The van der Waals surface area contributed by atoms with Gasteiger partial charge in [-0.15, -0.1) is 11.3 Å². The van der Waals surface area contributed by atoms with Crippen LogP contribution in [0.1, 0.15) is 41.1 Å². The molecule has 1 aromatic carbocycles. The summed E-state index contributed by atoms with van der Waals surface area (Å²) in [7, 11) is 0. The second kappa shape index (κ2) is 9.03. The molecule has 1 amide bonds. The number of H-pyrrole nitrogens is 1. The number of fused-ring (bicyclic) bond motifs is 4. The number of piperazine rings is 1. The van der Waals surface area contributed by atoms with Gasteiger partial charge in [0.05, 0.1) is 5.39 Å². The molecule has 2 aromatic heterocycles. The lowest BCUT2D eigenvalue weighted by Crippen LogP contribution is -2.48. The van der Waals surface area contributed by atoms with E-state index in [1.54, 1.807) is 11.3 Å².